The minimum atomic E-state index is -0.517. The maximum Gasteiger partial charge on any atom is 0.263 e. The lowest BCUT2D eigenvalue weighted by Crippen LogP contribution is -2.51. The molecule has 1 aromatic rings. The summed E-state index contributed by atoms with van der Waals surface area (Å²) in [6.07, 6.45) is 1.49. The molecule has 2 N–H and O–H groups in total. The highest BCUT2D eigenvalue weighted by Crippen LogP contribution is 2.29. The first-order valence-corrected chi connectivity index (χ1v) is 8.70. The number of hydrogen-bond donors (Lipinski definition) is 2. The van der Waals surface area contributed by atoms with E-state index in [2.05, 4.69) is 29.4 Å². The van der Waals surface area contributed by atoms with Crippen LogP contribution in [0.2, 0.25) is 0 Å². The Bertz CT molecular complexity index is 702. The number of anilines is 1. The second kappa shape index (κ2) is 8.11. The molecule has 0 aliphatic carbocycles. The molecule has 2 amide bonds. The van der Waals surface area contributed by atoms with Gasteiger partial charge in [0.2, 0.25) is 0 Å². The first-order valence-electron chi connectivity index (χ1n) is 8.29. The summed E-state index contributed by atoms with van der Waals surface area (Å²) in [6.45, 7) is 9.78. The number of carbonyl (C=O) groups excluding carboxylic acids is 2. The molecule has 1 aliphatic heterocycles. The predicted octanol–water partition coefficient (Wildman–Crippen LogP) is 2.23. The van der Waals surface area contributed by atoms with Gasteiger partial charge < -0.3 is 9.64 Å². The van der Waals surface area contributed by atoms with E-state index in [0.29, 0.717) is 11.3 Å². The van der Waals surface area contributed by atoms with Gasteiger partial charge in [-0.2, -0.15) is 0 Å². The van der Waals surface area contributed by atoms with Crippen LogP contribution in [0.15, 0.2) is 23.8 Å². The Hall–Kier alpha value is -2.41. The Balaban J connectivity index is 2.45. The molecule has 0 saturated carbocycles. The van der Waals surface area contributed by atoms with Crippen LogP contribution in [0.4, 0.5) is 5.69 Å². The number of nitrogens with zero attached hydrogens (tertiary/aromatic N) is 1. The van der Waals surface area contributed by atoms with Crippen LogP contribution in [0, 0.1) is 0 Å². The topological polar surface area (TPSA) is 70.7 Å². The van der Waals surface area contributed by atoms with E-state index >= 15 is 0 Å². The zero-order valence-corrected chi connectivity index (χ0v) is 15.7. The monoisotopic (exact) mass is 361 g/mol. The normalized spacial score (nSPS) is 14.3. The van der Waals surface area contributed by atoms with Gasteiger partial charge in [-0.05, 0) is 58.1 Å². The smallest absolute Gasteiger partial charge is 0.263 e. The van der Waals surface area contributed by atoms with Crippen molar-refractivity contribution in [3.05, 3.63) is 29.3 Å². The van der Waals surface area contributed by atoms with E-state index in [1.54, 1.807) is 0 Å². The van der Waals surface area contributed by atoms with Crippen LogP contribution in [0.5, 0.6) is 5.75 Å². The van der Waals surface area contributed by atoms with Gasteiger partial charge in [-0.3, -0.25) is 20.2 Å². The Kier molecular flexibility index (Phi) is 6.14. The Morgan fingerprint density at radius 3 is 2.28 bits per heavy atom. The van der Waals surface area contributed by atoms with Crippen LogP contribution in [-0.4, -0.2) is 36.1 Å². The van der Waals surface area contributed by atoms with Crippen molar-refractivity contribution in [3.63, 3.8) is 0 Å². The Labute approximate surface area is 153 Å². The summed E-state index contributed by atoms with van der Waals surface area (Å²) in [5, 5.41) is 4.88. The van der Waals surface area contributed by atoms with E-state index in [-0.39, 0.29) is 16.8 Å². The fourth-order valence-corrected chi connectivity index (χ4v) is 2.73. The minimum Gasteiger partial charge on any atom is -0.490 e. The molecule has 1 saturated heterocycles. The molecule has 134 valence electrons. The number of ether oxygens (including phenoxy) is 1. The van der Waals surface area contributed by atoms with Crippen molar-refractivity contribution in [2.45, 2.75) is 33.8 Å². The van der Waals surface area contributed by atoms with E-state index in [9.17, 15) is 9.59 Å². The molecule has 0 unspecified atom stereocenters. The zero-order chi connectivity index (χ0) is 18.6. The number of rotatable bonds is 6. The highest BCUT2D eigenvalue weighted by Gasteiger charge is 2.26. The van der Waals surface area contributed by atoms with Crippen LogP contribution in [0.3, 0.4) is 0 Å². The molecule has 0 radical (unpaired) electrons. The molecular weight excluding hydrogens is 338 g/mol. The summed E-state index contributed by atoms with van der Waals surface area (Å²) >= 11 is 4.81. The molecule has 0 aromatic heterocycles. The summed E-state index contributed by atoms with van der Waals surface area (Å²) in [5.74, 6) is -0.408. The molecule has 25 heavy (non-hydrogen) atoms. The Morgan fingerprint density at radius 1 is 1.16 bits per heavy atom. The average Bonchev–Trinajstić information content (AvgIpc) is 2.53. The fraction of sp³-hybridized carbons (Fsp3) is 0.389. The Morgan fingerprint density at radius 2 is 1.76 bits per heavy atom. The van der Waals surface area contributed by atoms with Crippen LogP contribution >= 0.6 is 12.2 Å². The van der Waals surface area contributed by atoms with Crippen molar-refractivity contribution in [1.82, 2.24) is 10.6 Å². The van der Waals surface area contributed by atoms with Crippen molar-refractivity contribution in [2.24, 2.45) is 0 Å². The zero-order valence-electron chi connectivity index (χ0n) is 14.9. The van der Waals surface area contributed by atoms with Gasteiger partial charge in [0.1, 0.15) is 11.3 Å². The summed E-state index contributed by atoms with van der Waals surface area (Å²) in [5.41, 5.74) is 1.69. The number of nitrogens with one attached hydrogen (secondary N) is 2. The maximum absolute atomic E-state index is 12.0. The van der Waals surface area contributed by atoms with Gasteiger partial charge >= 0.3 is 0 Å². The number of hydrogen-bond acceptors (Lipinski definition) is 5. The summed E-state index contributed by atoms with van der Waals surface area (Å²) in [4.78, 5) is 26.3. The first-order chi connectivity index (χ1) is 11.8. The van der Waals surface area contributed by atoms with E-state index in [1.807, 2.05) is 32.0 Å². The first kappa shape index (κ1) is 18.9. The van der Waals surface area contributed by atoms with Crippen molar-refractivity contribution in [1.29, 1.82) is 0 Å². The van der Waals surface area contributed by atoms with Gasteiger partial charge in [0.25, 0.3) is 11.8 Å². The van der Waals surface area contributed by atoms with Crippen molar-refractivity contribution in [2.75, 3.05) is 18.0 Å². The van der Waals surface area contributed by atoms with Crippen molar-refractivity contribution < 1.29 is 14.3 Å². The van der Waals surface area contributed by atoms with Gasteiger partial charge in [0.05, 0.1) is 6.10 Å². The molecule has 2 rings (SSSR count). The lowest BCUT2D eigenvalue weighted by atomic mass is 10.1. The molecule has 1 aromatic carbocycles. The van der Waals surface area contributed by atoms with Gasteiger partial charge in [-0.25, -0.2) is 0 Å². The van der Waals surface area contributed by atoms with E-state index in [1.165, 1.54) is 6.08 Å². The summed E-state index contributed by atoms with van der Waals surface area (Å²) in [6, 6.07) is 5.74. The van der Waals surface area contributed by atoms with Crippen LogP contribution in [0.25, 0.3) is 6.08 Å². The molecule has 0 bridgehead atoms. The fourth-order valence-electron chi connectivity index (χ4n) is 2.55. The SMILES string of the molecule is CCN(CC)c1ccc(C=C2C(=O)NC(=S)NC2=O)c(OC(C)C)c1. The maximum atomic E-state index is 12.0. The molecule has 0 atom stereocenters. The summed E-state index contributed by atoms with van der Waals surface area (Å²) < 4.78 is 5.90. The number of benzene rings is 1. The molecule has 1 aliphatic rings. The van der Waals surface area contributed by atoms with Crippen LogP contribution in [0.1, 0.15) is 33.3 Å². The van der Waals surface area contributed by atoms with Gasteiger partial charge in [-0.1, -0.05) is 0 Å². The lowest BCUT2D eigenvalue weighted by molar-refractivity contribution is -0.123. The van der Waals surface area contributed by atoms with Gasteiger partial charge in [0, 0.05) is 30.4 Å². The third-order valence-corrected chi connectivity index (χ3v) is 3.94. The van der Waals surface area contributed by atoms with E-state index < -0.39 is 11.8 Å². The lowest BCUT2D eigenvalue weighted by Gasteiger charge is -2.23. The van der Waals surface area contributed by atoms with Crippen molar-refractivity contribution >= 4 is 40.9 Å². The molecule has 7 heteroatoms. The number of thiocarbonyl (C=S) groups is 1. The van der Waals surface area contributed by atoms with Crippen molar-refractivity contribution in [3.8, 4) is 5.75 Å². The molecular formula is C18H23N3O3S. The molecule has 0 spiro atoms. The van der Waals surface area contributed by atoms with Gasteiger partial charge in [0.15, 0.2) is 5.11 Å². The minimum absolute atomic E-state index is 0.00204. The van der Waals surface area contributed by atoms with Crippen LogP contribution in [-0.2, 0) is 9.59 Å². The summed E-state index contributed by atoms with van der Waals surface area (Å²) in [7, 11) is 0. The number of amides is 2. The number of carbonyl (C=O) groups is 2. The molecule has 1 fully saturated rings. The van der Waals surface area contributed by atoms with Gasteiger partial charge in [-0.15, -0.1) is 0 Å². The molecule has 6 nitrogen and oxygen atoms in total. The third kappa shape index (κ3) is 4.57. The largest absolute Gasteiger partial charge is 0.490 e. The van der Waals surface area contributed by atoms with Crippen LogP contribution < -0.4 is 20.3 Å². The molecule has 1 heterocycles. The average molecular weight is 361 g/mol. The predicted molar refractivity (Wildman–Crippen MR) is 103 cm³/mol. The van der Waals surface area contributed by atoms with E-state index in [0.717, 1.165) is 18.8 Å². The third-order valence-electron chi connectivity index (χ3n) is 3.73. The highest BCUT2D eigenvalue weighted by molar-refractivity contribution is 7.80. The standard InChI is InChI=1S/C18H23N3O3S/c1-5-21(6-2)13-8-7-12(15(10-13)24-11(3)4)9-14-16(22)19-18(25)20-17(14)23/h7-11H,5-6H2,1-4H3,(H2,19,20,22,23,25). The highest BCUT2D eigenvalue weighted by atomic mass is 32.1. The van der Waals surface area contributed by atoms with E-state index in [4.69, 9.17) is 17.0 Å². The second-order valence-electron chi connectivity index (χ2n) is 5.86. The second-order valence-corrected chi connectivity index (χ2v) is 6.26. The quantitative estimate of drug-likeness (QED) is 0.462.